The van der Waals surface area contributed by atoms with Gasteiger partial charge in [0.1, 0.15) is 5.82 Å². The summed E-state index contributed by atoms with van der Waals surface area (Å²) in [6.07, 6.45) is 9.67. The Morgan fingerprint density at radius 3 is 2.67 bits per heavy atom. The summed E-state index contributed by atoms with van der Waals surface area (Å²) in [6.45, 7) is 3.83. The van der Waals surface area contributed by atoms with Crippen molar-refractivity contribution in [3.05, 3.63) is 74.8 Å². The van der Waals surface area contributed by atoms with Crippen LogP contribution in [0.5, 0.6) is 11.5 Å². The van der Waals surface area contributed by atoms with Crippen LogP contribution in [0.15, 0.2) is 57.4 Å². The second-order valence-corrected chi connectivity index (χ2v) is 9.15. The second-order valence-electron chi connectivity index (χ2n) is 8.24. The molecule has 0 aliphatic heterocycles. The van der Waals surface area contributed by atoms with Gasteiger partial charge in [-0.25, -0.2) is 4.98 Å². The molecule has 0 unspecified atom stereocenters. The highest BCUT2D eigenvalue weighted by molar-refractivity contribution is 9.10. The Morgan fingerprint density at radius 1 is 1.18 bits per heavy atom. The normalized spacial score (nSPS) is 14.6. The third-order valence-electron chi connectivity index (χ3n) is 6.07. The lowest BCUT2D eigenvalue weighted by atomic mass is 9.88. The fourth-order valence-electron chi connectivity index (χ4n) is 4.48. The van der Waals surface area contributed by atoms with Crippen LogP contribution in [0.4, 0.5) is 0 Å². The predicted octanol–water partition coefficient (Wildman–Crippen LogP) is 5.83. The SMILES string of the molecule is C=CCc1cc(C=Nn2c(C3CCCCC3)nc3ccc(Br)cc3c2=O)cc(OC)c1OC. The average molecular weight is 510 g/mol. The third-order valence-corrected chi connectivity index (χ3v) is 6.56. The standard InChI is InChI=1S/C26H28BrN3O3/c1-4-8-19-13-17(14-23(32-2)24(19)33-3)16-28-30-25(18-9-6-5-7-10-18)29-22-12-11-20(27)15-21(22)26(30)31/h4,11-16,18H,1,5-10H2,2-3H3. The quantitative estimate of drug-likeness (QED) is 0.296. The van der Waals surface area contributed by atoms with Crippen LogP contribution in [0.1, 0.15) is 55.0 Å². The van der Waals surface area contributed by atoms with E-state index in [1.807, 2.05) is 30.3 Å². The largest absolute Gasteiger partial charge is 0.493 e. The molecule has 0 bridgehead atoms. The first kappa shape index (κ1) is 23.2. The first-order chi connectivity index (χ1) is 16.0. The van der Waals surface area contributed by atoms with Gasteiger partial charge >= 0.3 is 0 Å². The number of aromatic nitrogens is 2. The number of benzene rings is 2. The second kappa shape index (κ2) is 10.3. The van der Waals surface area contributed by atoms with Gasteiger partial charge in [0.05, 0.1) is 31.3 Å². The summed E-state index contributed by atoms with van der Waals surface area (Å²) in [5.74, 6) is 2.24. The van der Waals surface area contributed by atoms with Crippen molar-refractivity contribution in [3.63, 3.8) is 0 Å². The van der Waals surface area contributed by atoms with Gasteiger partial charge in [-0.05, 0) is 55.2 Å². The van der Waals surface area contributed by atoms with Gasteiger partial charge in [0.15, 0.2) is 11.5 Å². The van der Waals surface area contributed by atoms with Crippen molar-refractivity contribution in [2.45, 2.75) is 44.4 Å². The first-order valence-electron chi connectivity index (χ1n) is 11.2. The number of ether oxygens (including phenoxy) is 2. The molecule has 0 radical (unpaired) electrons. The maximum Gasteiger partial charge on any atom is 0.282 e. The van der Waals surface area contributed by atoms with Crippen LogP contribution in [0.3, 0.4) is 0 Å². The summed E-state index contributed by atoms with van der Waals surface area (Å²) in [5, 5.41) is 5.18. The summed E-state index contributed by atoms with van der Waals surface area (Å²) in [7, 11) is 3.22. The van der Waals surface area contributed by atoms with Crippen molar-refractivity contribution in [1.29, 1.82) is 0 Å². The van der Waals surface area contributed by atoms with Crippen LogP contribution < -0.4 is 15.0 Å². The Bertz CT molecular complexity index is 1260. The molecule has 0 amide bonds. The molecule has 1 aliphatic rings. The van der Waals surface area contributed by atoms with E-state index in [4.69, 9.17) is 14.5 Å². The van der Waals surface area contributed by atoms with E-state index < -0.39 is 0 Å². The zero-order chi connectivity index (χ0) is 23.4. The molecule has 33 heavy (non-hydrogen) atoms. The third kappa shape index (κ3) is 4.88. The van der Waals surface area contributed by atoms with Gasteiger partial charge in [0.2, 0.25) is 0 Å². The summed E-state index contributed by atoms with van der Waals surface area (Å²) >= 11 is 3.47. The van der Waals surface area contributed by atoms with Crippen molar-refractivity contribution in [2.24, 2.45) is 5.10 Å². The van der Waals surface area contributed by atoms with Crippen molar-refractivity contribution >= 4 is 33.0 Å². The minimum absolute atomic E-state index is 0.162. The number of methoxy groups -OCH3 is 2. The zero-order valence-corrected chi connectivity index (χ0v) is 20.6. The highest BCUT2D eigenvalue weighted by Crippen LogP contribution is 2.34. The molecular weight excluding hydrogens is 482 g/mol. The molecule has 0 N–H and O–H groups in total. The van der Waals surface area contributed by atoms with Gasteiger partial charge in [0.25, 0.3) is 5.56 Å². The number of fused-ring (bicyclic) bond motifs is 1. The van der Waals surface area contributed by atoms with Gasteiger partial charge in [0, 0.05) is 16.0 Å². The smallest absolute Gasteiger partial charge is 0.282 e. The van der Waals surface area contributed by atoms with E-state index in [0.29, 0.717) is 28.8 Å². The van der Waals surface area contributed by atoms with Gasteiger partial charge in [-0.3, -0.25) is 4.79 Å². The lowest BCUT2D eigenvalue weighted by molar-refractivity contribution is 0.352. The van der Waals surface area contributed by atoms with Crippen molar-refractivity contribution < 1.29 is 9.47 Å². The van der Waals surface area contributed by atoms with Gasteiger partial charge < -0.3 is 9.47 Å². The molecule has 0 atom stereocenters. The van der Waals surface area contributed by atoms with Gasteiger partial charge in [-0.1, -0.05) is 41.3 Å². The fourth-order valence-corrected chi connectivity index (χ4v) is 4.84. The molecule has 6 nitrogen and oxygen atoms in total. The summed E-state index contributed by atoms with van der Waals surface area (Å²) in [5.41, 5.74) is 2.29. The Labute approximate surface area is 202 Å². The van der Waals surface area contributed by atoms with Gasteiger partial charge in [-0.15, -0.1) is 6.58 Å². The van der Waals surface area contributed by atoms with Crippen molar-refractivity contribution in [2.75, 3.05) is 14.2 Å². The topological polar surface area (TPSA) is 65.7 Å². The molecule has 0 spiro atoms. The molecule has 1 aromatic heterocycles. The van der Waals surface area contributed by atoms with E-state index in [-0.39, 0.29) is 11.5 Å². The number of allylic oxidation sites excluding steroid dienone is 1. The van der Waals surface area contributed by atoms with Crippen molar-refractivity contribution in [1.82, 2.24) is 9.66 Å². The van der Waals surface area contributed by atoms with Crippen LogP contribution in [-0.2, 0) is 6.42 Å². The summed E-state index contributed by atoms with van der Waals surface area (Å²) in [4.78, 5) is 18.4. The maximum absolute atomic E-state index is 13.5. The van der Waals surface area contributed by atoms with Crippen LogP contribution in [0.2, 0.25) is 0 Å². The number of rotatable bonds is 7. The Balaban J connectivity index is 1.85. The molecule has 3 aromatic rings. The molecule has 2 aromatic carbocycles. The van der Waals surface area contributed by atoms with E-state index in [2.05, 4.69) is 27.6 Å². The maximum atomic E-state index is 13.5. The van der Waals surface area contributed by atoms with Crippen LogP contribution in [0, 0.1) is 0 Å². The highest BCUT2D eigenvalue weighted by Gasteiger charge is 2.22. The average Bonchev–Trinajstić information content (AvgIpc) is 2.84. The molecule has 1 aliphatic carbocycles. The minimum Gasteiger partial charge on any atom is -0.493 e. The van der Waals surface area contributed by atoms with E-state index >= 15 is 0 Å². The monoisotopic (exact) mass is 509 g/mol. The predicted molar refractivity (Wildman–Crippen MR) is 136 cm³/mol. The lowest BCUT2D eigenvalue weighted by Crippen LogP contribution is -2.25. The Hall–Kier alpha value is -2.93. The number of halogens is 1. The number of nitrogens with zero attached hydrogens (tertiary/aromatic N) is 3. The molecule has 1 saturated carbocycles. The summed E-state index contributed by atoms with van der Waals surface area (Å²) < 4.78 is 13.4. The molecule has 172 valence electrons. The molecule has 4 rings (SSSR count). The first-order valence-corrected chi connectivity index (χ1v) is 12.0. The van der Waals surface area contributed by atoms with Crippen LogP contribution in [0.25, 0.3) is 10.9 Å². The van der Waals surface area contributed by atoms with Crippen LogP contribution in [-0.4, -0.2) is 30.1 Å². The zero-order valence-electron chi connectivity index (χ0n) is 19.0. The van der Waals surface area contributed by atoms with Gasteiger partial charge in [-0.2, -0.15) is 9.78 Å². The van der Waals surface area contributed by atoms with E-state index in [1.165, 1.54) is 11.1 Å². The van der Waals surface area contributed by atoms with Crippen LogP contribution >= 0.6 is 15.9 Å². The van der Waals surface area contributed by atoms with E-state index in [9.17, 15) is 4.79 Å². The molecule has 7 heteroatoms. The molecule has 0 saturated heterocycles. The lowest BCUT2D eigenvalue weighted by Gasteiger charge is -2.22. The molecule has 1 heterocycles. The Kier molecular flexibility index (Phi) is 7.28. The number of hydrogen-bond donors (Lipinski definition) is 0. The van der Waals surface area contributed by atoms with Crippen molar-refractivity contribution in [3.8, 4) is 11.5 Å². The summed E-state index contributed by atoms with van der Waals surface area (Å²) in [6, 6.07) is 9.43. The number of hydrogen-bond acceptors (Lipinski definition) is 5. The highest BCUT2D eigenvalue weighted by atomic mass is 79.9. The molecule has 1 fully saturated rings. The van der Waals surface area contributed by atoms with E-state index in [0.717, 1.165) is 47.1 Å². The molecular formula is C26H28BrN3O3. The fraction of sp³-hybridized carbons (Fsp3) is 0.346. The van der Waals surface area contributed by atoms with E-state index in [1.54, 1.807) is 26.5 Å². The Morgan fingerprint density at radius 2 is 1.97 bits per heavy atom. The minimum atomic E-state index is -0.162.